The van der Waals surface area contributed by atoms with Crippen LogP contribution in [0.1, 0.15) is 11.1 Å². The Labute approximate surface area is 230 Å². The van der Waals surface area contributed by atoms with Crippen molar-refractivity contribution in [2.45, 2.75) is 11.3 Å². The fourth-order valence-corrected chi connectivity index (χ4v) is 5.23. The second-order valence-electron chi connectivity index (χ2n) is 8.41. The van der Waals surface area contributed by atoms with Crippen LogP contribution in [0.25, 0.3) is 16.3 Å². The van der Waals surface area contributed by atoms with Crippen LogP contribution < -0.4 is 14.8 Å². The number of nitrogens with one attached hydrogen (secondary N) is 1. The molecule has 4 aromatic rings. The fourth-order valence-electron chi connectivity index (χ4n) is 3.61. The molecule has 0 radical (unpaired) electrons. The van der Waals surface area contributed by atoms with Crippen molar-refractivity contribution in [1.82, 2.24) is 4.98 Å². The van der Waals surface area contributed by atoms with Crippen LogP contribution in [0.5, 0.6) is 11.5 Å². The number of para-hydroxylation sites is 1. The van der Waals surface area contributed by atoms with E-state index in [2.05, 4.69) is 16.9 Å². The van der Waals surface area contributed by atoms with Crippen molar-refractivity contribution in [3.05, 3.63) is 96.1 Å². The normalized spacial score (nSPS) is 11.5. The zero-order valence-electron chi connectivity index (χ0n) is 21.1. The number of allylic oxidation sites excluding steroid dienone is 1. The summed E-state index contributed by atoms with van der Waals surface area (Å²) in [4.78, 5) is 17.2. The molecule has 0 unspecified atom stereocenters. The highest BCUT2D eigenvalue weighted by Gasteiger charge is 2.15. The molecule has 0 aliphatic heterocycles. The van der Waals surface area contributed by atoms with E-state index in [-0.39, 0.29) is 15.6 Å². The van der Waals surface area contributed by atoms with E-state index in [0.29, 0.717) is 34.7 Å². The number of amides is 1. The van der Waals surface area contributed by atoms with Crippen molar-refractivity contribution < 1.29 is 22.7 Å². The van der Waals surface area contributed by atoms with Crippen LogP contribution in [0.15, 0.2) is 89.9 Å². The van der Waals surface area contributed by atoms with Crippen LogP contribution in [0.2, 0.25) is 0 Å². The van der Waals surface area contributed by atoms with Gasteiger partial charge in [0.15, 0.2) is 15.0 Å². The molecular formula is C29H25N3O5S2. The zero-order chi connectivity index (χ0) is 27.8. The zero-order valence-corrected chi connectivity index (χ0v) is 22.7. The van der Waals surface area contributed by atoms with Crippen LogP contribution in [0, 0.1) is 11.3 Å². The van der Waals surface area contributed by atoms with Gasteiger partial charge in [-0.3, -0.25) is 10.1 Å². The van der Waals surface area contributed by atoms with E-state index in [4.69, 9.17) is 9.47 Å². The number of hydrogen-bond donors (Lipinski definition) is 1. The van der Waals surface area contributed by atoms with Crippen molar-refractivity contribution in [1.29, 1.82) is 5.26 Å². The monoisotopic (exact) mass is 559 g/mol. The van der Waals surface area contributed by atoms with Gasteiger partial charge in [0.2, 0.25) is 0 Å². The first-order valence-corrected chi connectivity index (χ1v) is 14.6. The van der Waals surface area contributed by atoms with E-state index in [1.807, 2.05) is 36.4 Å². The van der Waals surface area contributed by atoms with Crippen molar-refractivity contribution in [3.8, 4) is 17.6 Å². The third-order valence-electron chi connectivity index (χ3n) is 5.51. The molecular weight excluding hydrogens is 534 g/mol. The van der Waals surface area contributed by atoms with E-state index in [1.54, 1.807) is 30.3 Å². The predicted octanol–water partition coefficient (Wildman–Crippen LogP) is 5.43. The van der Waals surface area contributed by atoms with Gasteiger partial charge in [0, 0.05) is 6.26 Å². The number of thiazole rings is 1. The van der Waals surface area contributed by atoms with Crippen LogP contribution in [0.3, 0.4) is 0 Å². The summed E-state index contributed by atoms with van der Waals surface area (Å²) < 4.78 is 35.8. The lowest BCUT2D eigenvalue weighted by molar-refractivity contribution is -0.112. The number of nitrogens with zero attached hydrogens (tertiary/aromatic N) is 2. The quantitative estimate of drug-likeness (QED) is 0.113. The van der Waals surface area contributed by atoms with Crippen molar-refractivity contribution >= 4 is 48.5 Å². The number of ether oxygens (including phenoxy) is 2. The van der Waals surface area contributed by atoms with Crippen LogP contribution in [-0.4, -0.2) is 38.8 Å². The average molecular weight is 560 g/mol. The smallest absolute Gasteiger partial charge is 0.268 e. The Bertz CT molecular complexity index is 1680. The lowest BCUT2D eigenvalue weighted by atomic mass is 10.1. The van der Waals surface area contributed by atoms with Gasteiger partial charge >= 0.3 is 0 Å². The summed E-state index contributed by atoms with van der Waals surface area (Å²) >= 11 is 1.13. The summed E-state index contributed by atoms with van der Waals surface area (Å²) in [7, 11) is -3.36. The molecule has 0 atom stereocenters. The number of carbonyl (C=O) groups excluding carboxylic acids is 1. The number of anilines is 1. The summed E-state index contributed by atoms with van der Waals surface area (Å²) in [6.45, 7) is 4.48. The predicted molar refractivity (Wildman–Crippen MR) is 153 cm³/mol. The van der Waals surface area contributed by atoms with Gasteiger partial charge < -0.3 is 9.47 Å². The van der Waals surface area contributed by atoms with E-state index in [0.717, 1.165) is 35.3 Å². The van der Waals surface area contributed by atoms with Crippen molar-refractivity contribution in [2.24, 2.45) is 0 Å². The minimum Gasteiger partial charge on any atom is -0.490 e. The molecule has 0 aliphatic carbocycles. The molecule has 0 bridgehead atoms. The highest BCUT2D eigenvalue weighted by molar-refractivity contribution is 7.90. The maximum atomic E-state index is 12.7. The van der Waals surface area contributed by atoms with Crippen LogP contribution in [-0.2, 0) is 21.1 Å². The number of benzene rings is 3. The second-order valence-corrected chi connectivity index (χ2v) is 11.5. The van der Waals surface area contributed by atoms with Crippen LogP contribution in [0.4, 0.5) is 5.13 Å². The molecule has 0 saturated carbocycles. The van der Waals surface area contributed by atoms with Crippen LogP contribution >= 0.6 is 11.3 Å². The average Bonchev–Trinajstić information content (AvgIpc) is 3.32. The topological polar surface area (TPSA) is 118 Å². The number of fused-ring (bicyclic) bond motifs is 1. The molecule has 3 aromatic carbocycles. The summed E-state index contributed by atoms with van der Waals surface area (Å²) in [6, 6.07) is 21.2. The fraction of sp³-hybridized carbons (Fsp3) is 0.138. The number of aromatic nitrogens is 1. The third kappa shape index (κ3) is 7.31. The van der Waals surface area contributed by atoms with Gasteiger partial charge in [-0.1, -0.05) is 47.7 Å². The third-order valence-corrected chi connectivity index (χ3v) is 7.56. The Morgan fingerprint density at radius 2 is 1.85 bits per heavy atom. The number of sulfone groups is 1. The first kappa shape index (κ1) is 27.6. The largest absolute Gasteiger partial charge is 0.490 e. The minimum atomic E-state index is -3.36. The molecule has 1 N–H and O–H groups in total. The highest BCUT2D eigenvalue weighted by Crippen LogP contribution is 2.28. The molecule has 10 heteroatoms. The molecule has 4 rings (SSSR count). The van der Waals surface area contributed by atoms with Crippen molar-refractivity contribution in [2.75, 3.05) is 24.8 Å². The number of nitriles is 1. The van der Waals surface area contributed by atoms with E-state index >= 15 is 0 Å². The maximum Gasteiger partial charge on any atom is 0.268 e. The van der Waals surface area contributed by atoms with Gasteiger partial charge in [0.05, 0.1) is 15.1 Å². The first-order chi connectivity index (χ1) is 18.8. The SMILES string of the molecule is C=CCc1ccccc1OCCOc1ccc(/C=C(\C#N)C(=O)Nc2nc3ccc(S(C)(=O)=O)cc3s2)cc1. The molecule has 0 saturated heterocycles. The van der Waals surface area contributed by atoms with E-state index < -0.39 is 15.7 Å². The Kier molecular flexibility index (Phi) is 8.76. The second kappa shape index (κ2) is 12.4. The van der Waals surface area contributed by atoms with Gasteiger partial charge in [-0.2, -0.15) is 5.26 Å². The van der Waals surface area contributed by atoms with E-state index in [9.17, 15) is 18.5 Å². The first-order valence-electron chi connectivity index (χ1n) is 11.8. The summed E-state index contributed by atoms with van der Waals surface area (Å²) in [6.07, 6.45) is 5.14. The molecule has 0 aliphatic rings. The molecule has 8 nitrogen and oxygen atoms in total. The lowest BCUT2D eigenvalue weighted by Crippen LogP contribution is -2.13. The Morgan fingerprint density at radius 1 is 1.10 bits per heavy atom. The minimum absolute atomic E-state index is 0.105. The maximum absolute atomic E-state index is 12.7. The highest BCUT2D eigenvalue weighted by atomic mass is 32.2. The summed E-state index contributed by atoms with van der Waals surface area (Å²) in [5.41, 5.74) is 2.15. The number of rotatable bonds is 11. The van der Waals surface area contributed by atoms with Gasteiger partial charge in [-0.05, 0) is 60.0 Å². The molecule has 1 amide bonds. The van der Waals surface area contributed by atoms with Crippen molar-refractivity contribution in [3.63, 3.8) is 0 Å². The lowest BCUT2D eigenvalue weighted by Gasteiger charge is -2.11. The molecule has 198 valence electrons. The Hall–Kier alpha value is -4.46. The summed E-state index contributed by atoms with van der Waals surface area (Å²) in [5.74, 6) is 0.809. The van der Waals surface area contributed by atoms with Gasteiger partial charge in [0.25, 0.3) is 5.91 Å². The van der Waals surface area contributed by atoms with Gasteiger partial charge in [0.1, 0.15) is 36.4 Å². The standard InChI is InChI=1S/C29H25N3O5S2/c1-3-6-21-7-4-5-8-26(21)37-16-15-36-23-11-9-20(10-12-23)17-22(19-30)28(33)32-29-31-25-14-13-24(39(2,34)35)18-27(25)38-29/h3-5,7-14,17-18H,1,6,15-16H2,2H3,(H,31,32,33)/b22-17+. The van der Waals surface area contributed by atoms with E-state index in [1.165, 1.54) is 18.2 Å². The Morgan fingerprint density at radius 3 is 2.56 bits per heavy atom. The molecule has 0 fully saturated rings. The molecule has 39 heavy (non-hydrogen) atoms. The molecule has 1 heterocycles. The number of carbonyl (C=O) groups is 1. The summed E-state index contributed by atoms with van der Waals surface area (Å²) in [5, 5.41) is 12.4. The van der Waals surface area contributed by atoms with Gasteiger partial charge in [-0.25, -0.2) is 13.4 Å². The number of hydrogen-bond acceptors (Lipinski definition) is 8. The molecule has 1 aromatic heterocycles. The molecule has 0 spiro atoms. The van der Waals surface area contributed by atoms with Gasteiger partial charge in [-0.15, -0.1) is 6.58 Å². The Balaban J connectivity index is 1.34.